The van der Waals surface area contributed by atoms with Gasteiger partial charge in [-0.25, -0.2) is 0 Å². The molecular weight excluding hydrogens is 245 g/mol. The lowest BCUT2D eigenvalue weighted by Gasteiger charge is -2.02. The SMILES string of the molecule is O=[N+]([O-])c1cc(CC(O)=S)c(Cl)cc1F. The Balaban J connectivity index is 3.23. The zero-order valence-electron chi connectivity index (χ0n) is 7.24. The van der Waals surface area contributed by atoms with Gasteiger partial charge in [-0.1, -0.05) is 11.6 Å². The molecule has 0 aliphatic heterocycles. The molecule has 1 aromatic rings. The molecule has 0 aliphatic carbocycles. The molecule has 0 fully saturated rings. The normalized spacial score (nSPS) is 10.0. The Morgan fingerprint density at radius 3 is 2.73 bits per heavy atom. The largest absolute Gasteiger partial charge is 0.502 e. The van der Waals surface area contributed by atoms with E-state index in [1.54, 1.807) is 0 Å². The third-order valence-electron chi connectivity index (χ3n) is 1.65. The summed E-state index contributed by atoms with van der Waals surface area (Å²) in [7, 11) is 0. The minimum Gasteiger partial charge on any atom is -0.502 e. The van der Waals surface area contributed by atoms with Crippen molar-refractivity contribution in [3.63, 3.8) is 0 Å². The van der Waals surface area contributed by atoms with Gasteiger partial charge in [0.05, 0.1) is 4.92 Å². The Morgan fingerprint density at radius 2 is 2.27 bits per heavy atom. The van der Waals surface area contributed by atoms with Gasteiger partial charge in [0.25, 0.3) is 0 Å². The number of nitro groups is 1. The van der Waals surface area contributed by atoms with Gasteiger partial charge >= 0.3 is 5.69 Å². The highest BCUT2D eigenvalue weighted by Gasteiger charge is 2.17. The van der Waals surface area contributed by atoms with E-state index in [1.165, 1.54) is 0 Å². The zero-order valence-corrected chi connectivity index (χ0v) is 8.81. The molecule has 0 amide bonds. The Labute approximate surface area is 94.4 Å². The smallest absolute Gasteiger partial charge is 0.305 e. The fourth-order valence-electron chi connectivity index (χ4n) is 1.02. The number of nitro benzene ring substituents is 1. The van der Waals surface area contributed by atoms with Crippen LogP contribution >= 0.6 is 23.8 Å². The second-order valence-corrected chi connectivity index (χ2v) is 3.60. The highest BCUT2D eigenvalue weighted by molar-refractivity contribution is 7.80. The highest BCUT2D eigenvalue weighted by Crippen LogP contribution is 2.26. The van der Waals surface area contributed by atoms with Crippen molar-refractivity contribution >= 4 is 34.6 Å². The fraction of sp³-hybridized carbons (Fsp3) is 0.125. The van der Waals surface area contributed by atoms with E-state index in [4.69, 9.17) is 16.7 Å². The molecule has 0 saturated carbocycles. The summed E-state index contributed by atoms with van der Waals surface area (Å²) in [6.45, 7) is 0. The maximum Gasteiger partial charge on any atom is 0.305 e. The minimum absolute atomic E-state index is 0.00509. The number of rotatable bonds is 3. The number of hydrogen-bond donors (Lipinski definition) is 1. The lowest BCUT2D eigenvalue weighted by atomic mass is 10.1. The average molecular weight is 250 g/mol. The maximum absolute atomic E-state index is 13.0. The number of aliphatic hydroxyl groups is 1. The van der Waals surface area contributed by atoms with E-state index < -0.39 is 16.4 Å². The van der Waals surface area contributed by atoms with Crippen molar-refractivity contribution in [2.75, 3.05) is 0 Å². The summed E-state index contributed by atoms with van der Waals surface area (Å²) in [6, 6.07) is 1.79. The van der Waals surface area contributed by atoms with Crippen LogP contribution in [0.1, 0.15) is 5.56 Å². The number of halogens is 2. The predicted molar refractivity (Wildman–Crippen MR) is 57.0 cm³/mol. The van der Waals surface area contributed by atoms with Crippen molar-refractivity contribution < 1.29 is 14.4 Å². The van der Waals surface area contributed by atoms with Gasteiger partial charge in [0.1, 0.15) is 0 Å². The first-order valence-electron chi connectivity index (χ1n) is 3.76. The minimum atomic E-state index is -1.02. The van der Waals surface area contributed by atoms with Crippen LogP contribution in [0, 0.1) is 15.9 Å². The molecule has 0 aromatic heterocycles. The van der Waals surface area contributed by atoms with Crippen LogP contribution in [0.4, 0.5) is 10.1 Å². The summed E-state index contributed by atoms with van der Waals surface area (Å²) < 4.78 is 13.0. The second kappa shape index (κ2) is 4.50. The molecule has 15 heavy (non-hydrogen) atoms. The first-order chi connectivity index (χ1) is 6.91. The van der Waals surface area contributed by atoms with E-state index in [9.17, 15) is 14.5 Å². The number of hydrogen-bond acceptors (Lipinski definition) is 3. The van der Waals surface area contributed by atoms with Crippen LogP contribution in [-0.4, -0.2) is 15.1 Å². The topological polar surface area (TPSA) is 63.4 Å². The van der Waals surface area contributed by atoms with Crippen LogP contribution in [0.15, 0.2) is 12.1 Å². The third kappa shape index (κ3) is 2.84. The van der Waals surface area contributed by atoms with Gasteiger partial charge in [-0.3, -0.25) is 10.1 Å². The van der Waals surface area contributed by atoms with E-state index in [0.717, 1.165) is 12.1 Å². The van der Waals surface area contributed by atoms with Crippen LogP contribution < -0.4 is 0 Å². The van der Waals surface area contributed by atoms with Crippen LogP contribution in [0.5, 0.6) is 0 Å². The molecule has 0 spiro atoms. The quantitative estimate of drug-likeness (QED) is 0.508. The second-order valence-electron chi connectivity index (χ2n) is 2.72. The standard InChI is InChI=1S/C8H5ClFNO3S/c9-5-3-6(10)7(11(13)14)1-4(5)2-8(12)15/h1,3H,2H2,(H,12,15). The van der Waals surface area contributed by atoms with Crippen molar-refractivity contribution in [1.29, 1.82) is 0 Å². The van der Waals surface area contributed by atoms with Crippen molar-refractivity contribution in [3.05, 3.63) is 38.7 Å². The van der Waals surface area contributed by atoms with Gasteiger partial charge in [0, 0.05) is 17.5 Å². The van der Waals surface area contributed by atoms with Gasteiger partial charge in [-0.15, -0.1) is 0 Å². The van der Waals surface area contributed by atoms with Crippen molar-refractivity contribution in [1.82, 2.24) is 0 Å². The van der Waals surface area contributed by atoms with E-state index in [-0.39, 0.29) is 22.1 Å². The Morgan fingerprint density at radius 1 is 1.67 bits per heavy atom. The molecule has 80 valence electrons. The summed E-state index contributed by atoms with van der Waals surface area (Å²) in [6.07, 6.45) is -0.116. The van der Waals surface area contributed by atoms with Crippen LogP contribution in [0.3, 0.4) is 0 Å². The summed E-state index contributed by atoms with van der Waals surface area (Å²) in [5.74, 6) is -1.02. The number of benzene rings is 1. The first-order valence-corrected chi connectivity index (χ1v) is 4.54. The lowest BCUT2D eigenvalue weighted by molar-refractivity contribution is -0.387. The molecule has 0 heterocycles. The van der Waals surface area contributed by atoms with Crippen molar-refractivity contribution in [3.8, 4) is 0 Å². The summed E-state index contributed by atoms with van der Waals surface area (Å²) in [5.41, 5.74) is -0.470. The molecule has 1 rings (SSSR count). The van der Waals surface area contributed by atoms with Gasteiger partial charge in [0.2, 0.25) is 5.82 Å². The molecule has 0 saturated heterocycles. The van der Waals surface area contributed by atoms with Gasteiger partial charge < -0.3 is 5.11 Å². The fourth-order valence-corrected chi connectivity index (χ4v) is 1.39. The molecule has 1 N–H and O–H groups in total. The predicted octanol–water partition coefficient (Wildman–Crippen LogP) is 2.82. The van der Waals surface area contributed by atoms with Crippen LogP contribution in [0.25, 0.3) is 0 Å². The van der Waals surface area contributed by atoms with E-state index >= 15 is 0 Å². The first kappa shape index (κ1) is 11.8. The maximum atomic E-state index is 13.0. The average Bonchev–Trinajstić information content (AvgIpc) is 2.08. The zero-order chi connectivity index (χ0) is 11.6. The monoisotopic (exact) mass is 249 g/mol. The number of aliphatic hydroxyl groups excluding tert-OH is 1. The molecule has 0 aliphatic rings. The Hall–Kier alpha value is -1.27. The highest BCUT2D eigenvalue weighted by atomic mass is 35.5. The molecule has 0 bridgehead atoms. The van der Waals surface area contributed by atoms with E-state index in [2.05, 4.69) is 12.2 Å². The van der Waals surface area contributed by atoms with Crippen LogP contribution in [-0.2, 0) is 6.42 Å². The molecule has 1 aromatic carbocycles. The number of thiocarbonyl (C=S) groups is 1. The summed E-state index contributed by atoms with van der Waals surface area (Å²) >= 11 is 10.0. The Bertz CT molecular complexity index is 438. The van der Waals surface area contributed by atoms with E-state index in [0.29, 0.717) is 0 Å². The van der Waals surface area contributed by atoms with Crippen LogP contribution in [0.2, 0.25) is 5.02 Å². The third-order valence-corrected chi connectivity index (χ3v) is 2.15. The number of nitrogens with zero attached hydrogens (tertiary/aromatic N) is 1. The van der Waals surface area contributed by atoms with Crippen molar-refractivity contribution in [2.24, 2.45) is 0 Å². The molecule has 0 radical (unpaired) electrons. The molecule has 7 heteroatoms. The van der Waals surface area contributed by atoms with Crippen molar-refractivity contribution in [2.45, 2.75) is 6.42 Å². The lowest BCUT2D eigenvalue weighted by Crippen LogP contribution is -2.01. The van der Waals surface area contributed by atoms with Gasteiger partial charge in [-0.2, -0.15) is 4.39 Å². The molecular formula is C8H5ClFNO3S. The molecule has 4 nitrogen and oxygen atoms in total. The Kier molecular flexibility index (Phi) is 3.54. The molecule has 0 unspecified atom stereocenters. The van der Waals surface area contributed by atoms with Gasteiger partial charge in [0.15, 0.2) is 5.05 Å². The molecule has 0 atom stereocenters. The van der Waals surface area contributed by atoms with E-state index in [1.807, 2.05) is 0 Å². The summed E-state index contributed by atoms with van der Waals surface area (Å²) in [5, 5.41) is 18.9. The summed E-state index contributed by atoms with van der Waals surface area (Å²) in [4.78, 5) is 9.53. The van der Waals surface area contributed by atoms with Gasteiger partial charge in [-0.05, 0) is 23.8 Å².